The molecule has 0 aliphatic rings. The van der Waals surface area contributed by atoms with Crippen molar-refractivity contribution in [3.63, 3.8) is 0 Å². The third-order valence-electron chi connectivity index (χ3n) is 3.70. The Bertz CT molecular complexity index is 925. The Morgan fingerprint density at radius 2 is 1.65 bits per heavy atom. The summed E-state index contributed by atoms with van der Waals surface area (Å²) in [6, 6.07) is 15.0. The van der Waals surface area contributed by atoms with E-state index in [2.05, 4.69) is 10.1 Å². The lowest BCUT2D eigenvalue weighted by atomic mass is 9.98. The zero-order chi connectivity index (χ0) is 15.6. The fourth-order valence-corrected chi connectivity index (χ4v) is 2.60. The fraction of sp³-hybridized carbons (Fsp3) is 0. The van der Waals surface area contributed by atoms with Gasteiger partial charge in [-0.3, -0.25) is 0 Å². The molecule has 0 saturated heterocycles. The van der Waals surface area contributed by atoms with Gasteiger partial charge < -0.3 is 9.52 Å². The Morgan fingerprint density at radius 1 is 0.870 bits per heavy atom. The summed E-state index contributed by atoms with van der Waals surface area (Å²) >= 11 is 0. The summed E-state index contributed by atoms with van der Waals surface area (Å²) < 4.78 is 7.17. The van der Waals surface area contributed by atoms with Crippen molar-refractivity contribution in [2.45, 2.75) is 0 Å². The van der Waals surface area contributed by atoms with Crippen LogP contribution in [0.3, 0.4) is 0 Å². The van der Waals surface area contributed by atoms with E-state index in [0.717, 1.165) is 27.9 Å². The molecular weight excluding hydrogens is 290 g/mol. The number of aromatic nitrogens is 3. The zero-order valence-electron chi connectivity index (χ0n) is 12.1. The molecule has 5 heteroatoms. The SMILES string of the molecule is Oc1ccc(-c2cocc2-c2ccccc2-n2cncn2)cc1. The van der Waals surface area contributed by atoms with Crippen LogP contribution in [-0.4, -0.2) is 19.9 Å². The minimum absolute atomic E-state index is 0.238. The molecule has 5 nitrogen and oxygen atoms in total. The second-order valence-corrected chi connectivity index (χ2v) is 5.10. The molecule has 0 atom stereocenters. The van der Waals surface area contributed by atoms with Crippen LogP contribution in [0, 0.1) is 0 Å². The number of hydrogen-bond donors (Lipinski definition) is 1. The van der Waals surface area contributed by atoms with Gasteiger partial charge in [0, 0.05) is 16.7 Å². The molecule has 0 spiro atoms. The molecule has 4 aromatic rings. The predicted molar refractivity (Wildman–Crippen MR) is 86.2 cm³/mol. The van der Waals surface area contributed by atoms with Gasteiger partial charge in [-0.2, -0.15) is 5.10 Å². The van der Waals surface area contributed by atoms with Crippen molar-refractivity contribution in [3.05, 3.63) is 73.7 Å². The molecule has 112 valence electrons. The lowest BCUT2D eigenvalue weighted by Crippen LogP contribution is -1.97. The highest BCUT2D eigenvalue weighted by molar-refractivity contribution is 5.86. The molecule has 23 heavy (non-hydrogen) atoms. The summed E-state index contributed by atoms with van der Waals surface area (Å²) in [5.74, 6) is 0.238. The molecule has 0 bridgehead atoms. The third kappa shape index (κ3) is 2.38. The normalized spacial score (nSPS) is 10.8. The standard InChI is InChI=1S/C18H13N3O2/c22-14-7-5-13(6-8-14)16-9-23-10-17(16)15-3-1-2-4-18(15)21-12-19-11-20-21/h1-12,22H. The van der Waals surface area contributed by atoms with Crippen molar-refractivity contribution in [1.29, 1.82) is 0 Å². The van der Waals surface area contributed by atoms with Crippen LogP contribution in [0.5, 0.6) is 5.75 Å². The van der Waals surface area contributed by atoms with Gasteiger partial charge in [0.15, 0.2) is 0 Å². The molecule has 2 aromatic heterocycles. The van der Waals surface area contributed by atoms with Crippen molar-refractivity contribution in [3.8, 4) is 33.7 Å². The van der Waals surface area contributed by atoms with Crippen LogP contribution in [0.25, 0.3) is 27.9 Å². The maximum atomic E-state index is 9.47. The topological polar surface area (TPSA) is 64.1 Å². The van der Waals surface area contributed by atoms with Crippen LogP contribution < -0.4 is 0 Å². The Morgan fingerprint density at radius 3 is 2.43 bits per heavy atom. The summed E-state index contributed by atoms with van der Waals surface area (Å²) in [6.45, 7) is 0. The number of phenols is 1. The minimum Gasteiger partial charge on any atom is -0.508 e. The monoisotopic (exact) mass is 303 g/mol. The van der Waals surface area contributed by atoms with E-state index in [9.17, 15) is 5.11 Å². The zero-order valence-corrected chi connectivity index (χ0v) is 12.1. The fourth-order valence-electron chi connectivity index (χ4n) is 2.60. The van der Waals surface area contributed by atoms with Crippen LogP contribution in [0.2, 0.25) is 0 Å². The number of phenolic OH excluding ortho intramolecular Hbond substituents is 1. The number of aromatic hydroxyl groups is 1. The van der Waals surface area contributed by atoms with Crippen LogP contribution in [0.1, 0.15) is 0 Å². The highest BCUT2D eigenvalue weighted by Crippen LogP contribution is 2.36. The van der Waals surface area contributed by atoms with Crippen LogP contribution in [-0.2, 0) is 0 Å². The van der Waals surface area contributed by atoms with E-state index < -0.39 is 0 Å². The Labute approximate surface area is 132 Å². The molecule has 0 amide bonds. The first-order valence-electron chi connectivity index (χ1n) is 7.13. The van der Waals surface area contributed by atoms with Crippen molar-refractivity contribution < 1.29 is 9.52 Å². The summed E-state index contributed by atoms with van der Waals surface area (Å²) in [5.41, 5.74) is 4.81. The Hall–Kier alpha value is -3.34. The Balaban J connectivity index is 1.88. The van der Waals surface area contributed by atoms with Crippen LogP contribution >= 0.6 is 0 Å². The minimum atomic E-state index is 0.238. The van der Waals surface area contributed by atoms with E-state index >= 15 is 0 Å². The first kappa shape index (κ1) is 13.3. The maximum Gasteiger partial charge on any atom is 0.138 e. The van der Waals surface area contributed by atoms with Gasteiger partial charge in [-0.15, -0.1) is 0 Å². The molecule has 0 radical (unpaired) electrons. The average Bonchev–Trinajstić information content (AvgIpc) is 3.27. The number of hydrogen-bond acceptors (Lipinski definition) is 4. The van der Waals surface area contributed by atoms with Gasteiger partial charge in [-0.05, 0) is 23.8 Å². The number of furan rings is 1. The number of rotatable bonds is 3. The first-order valence-corrected chi connectivity index (χ1v) is 7.13. The summed E-state index contributed by atoms with van der Waals surface area (Å²) in [5, 5.41) is 13.7. The molecule has 0 aliphatic heterocycles. The molecule has 1 N–H and O–H groups in total. The molecule has 2 aromatic carbocycles. The summed E-state index contributed by atoms with van der Waals surface area (Å²) in [4.78, 5) is 4.01. The maximum absolute atomic E-state index is 9.47. The van der Waals surface area contributed by atoms with Gasteiger partial charge in [0.25, 0.3) is 0 Å². The average molecular weight is 303 g/mol. The lowest BCUT2D eigenvalue weighted by molar-refractivity contribution is 0.475. The van der Waals surface area contributed by atoms with Gasteiger partial charge in [0.1, 0.15) is 18.4 Å². The van der Waals surface area contributed by atoms with E-state index in [1.54, 1.807) is 35.7 Å². The second-order valence-electron chi connectivity index (χ2n) is 5.10. The van der Waals surface area contributed by atoms with E-state index in [4.69, 9.17) is 4.42 Å². The number of benzene rings is 2. The first-order chi connectivity index (χ1) is 11.3. The molecular formula is C18H13N3O2. The van der Waals surface area contributed by atoms with Gasteiger partial charge >= 0.3 is 0 Å². The Kier molecular flexibility index (Phi) is 3.16. The van der Waals surface area contributed by atoms with Crippen LogP contribution in [0.4, 0.5) is 0 Å². The second kappa shape index (κ2) is 5.46. The van der Waals surface area contributed by atoms with Crippen LogP contribution in [0.15, 0.2) is 78.1 Å². The van der Waals surface area contributed by atoms with Gasteiger partial charge in [0.05, 0.1) is 18.2 Å². The third-order valence-corrected chi connectivity index (χ3v) is 3.70. The molecule has 0 saturated carbocycles. The van der Waals surface area contributed by atoms with Crippen molar-refractivity contribution in [2.75, 3.05) is 0 Å². The largest absolute Gasteiger partial charge is 0.508 e. The predicted octanol–water partition coefficient (Wildman–Crippen LogP) is 3.90. The molecule has 0 aliphatic carbocycles. The highest BCUT2D eigenvalue weighted by Gasteiger charge is 2.14. The van der Waals surface area contributed by atoms with Crippen molar-refractivity contribution in [1.82, 2.24) is 14.8 Å². The van der Waals surface area contributed by atoms with E-state index in [1.807, 2.05) is 36.4 Å². The summed E-state index contributed by atoms with van der Waals surface area (Å²) in [7, 11) is 0. The number of nitrogens with zero attached hydrogens (tertiary/aromatic N) is 3. The molecule has 2 heterocycles. The summed E-state index contributed by atoms with van der Waals surface area (Å²) in [6.07, 6.45) is 6.60. The highest BCUT2D eigenvalue weighted by atomic mass is 16.3. The van der Waals surface area contributed by atoms with Crippen molar-refractivity contribution >= 4 is 0 Å². The molecule has 0 unspecified atom stereocenters. The lowest BCUT2D eigenvalue weighted by Gasteiger charge is -2.09. The molecule has 4 rings (SSSR count). The number of para-hydroxylation sites is 1. The van der Waals surface area contributed by atoms with Gasteiger partial charge in [0.2, 0.25) is 0 Å². The van der Waals surface area contributed by atoms with Gasteiger partial charge in [-0.1, -0.05) is 30.3 Å². The van der Waals surface area contributed by atoms with E-state index in [1.165, 1.54) is 6.33 Å². The van der Waals surface area contributed by atoms with E-state index in [0.29, 0.717) is 0 Å². The van der Waals surface area contributed by atoms with E-state index in [-0.39, 0.29) is 5.75 Å². The quantitative estimate of drug-likeness (QED) is 0.623. The molecule has 0 fully saturated rings. The van der Waals surface area contributed by atoms with Crippen molar-refractivity contribution in [2.24, 2.45) is 0 Å². The van der Waals surface area contributed by atoms with Gasteiger partial charge in [-0.25, -0.2) is 9.67 Å². The smallest absolute Gasteiger partial charge is 0.138 e.